The zero-order chi connectivity index (χ0) is 13.9. The number of carbonyl (C=O) groups is 1. The predicted octanol–water partition coefficient (Wildman–Crippen LogP) is 1.71. The summed E-state index contributed by atoms with van der Waals surface area (Å²) in [5.74, 6) is 1.10. The van der Waals surface area contributed by atoms with Crippen LogP contribution in [0, 0.1) is 0 Å². The number of carbonyl (C=O) groups excluding carboxylic acids is 1. The van der Waals surface area contributed by atoms with Crippen molar-refractivity contribution in [1.82, 2.24) is 15.0 Å². The average Bonchev–Trinajstić information content (AvgIpc) is 2.94. The van der Waals surface area contributed by atoms with Gasteiger partial charge in [-0.3, -0.25) is 4.79 Å². The number of aryl methyl sites for hydroxylation is 1. The van der Waals surface area contributed by atoms with Gasteiger partial charge in [0.1, 0.15) is 12.3 Å². The first-order valence-electron chi connectivity index (χ1n) is 6.60. The van der Waals surface area contributed by atoms with E-state index in [-0.39, 0.29) is 12.4 Å². The first-order valence-corrected chi connectivity index (χ1v) is 6.60. The number of nitrogens with zero attached hydrogens (tertiary/aromatic N) is 3. The first-order chi connectivity index (χ1) is 9.79. The summed E-state index contributed by atoms with van der Waals surface area (Å²) in [6, 6.07) is 7.32. The molecule has 0 spiro atoms. The van der Waals surface area contributed by atoms with Crippen LogP contribution in [0.4, 0.5) is 0 Å². The molecule has 1 atom stereocenters. The molecule has 6 heteroatoms. The molecular weight excluding hydrogens is 258 g/mol. The van der Waals surface area contributed by atoms with Crippen molar-refractivity contribution in [3.05, 3.63) is 36.2 Å². The van der Waals surface area contributed by atoms with Gasteiger partial charge in [-0.25, -0.2) is 4.68 Å². The molecular formula is C14H15N3O3. The molecule has 0 fully saturated rings. The van der Waals surface area contributed by atoms with Crippen molar-refractivity contribution in [1.29, 1.82) is 0 Å². The number of benzene rings is 1. The topological polar surface area (TPSA) is 66.2 Å². The van der Waals surface area contributed by atoms with Gasteiger partial charge in [-0.05, 0) is 18.6 Å². The van der Waals surface area contributed by atoms with E-state index in [9.17, 15) is 4.79 Å². The van der Waals surface area contributed by atoms with Crippen molar-refractivity contribution in [3.63, 3.8) is 0 Å². The fraction of sp³-hybridized carbons (Fsp3) is 0.357. The molecule has 6 nitrogen and oxygen atoms in total. The summed E-state index contributed by atoms with van der Waals surface area (Å²) in [6.07, 6.45) is 1.70. The Morgan fingerprint density at radius 3 is 3.00 bits per heavy atom. The molecule has 1 aliphatic heterocycles. The lowest BCUT2D eigenvalue weighted by atomic mass is 10.1. The van der Waals surface area contributed by atoms with Gasteiger partial charge in [0.2, 0.25) is 5.78 Å². The van der Waals surface area contributed by atoms with Gasteiger partial charge < -0.3 is 9.47 Å². The Balaban J connectivity index is 1.80. The maximum absolute atomic E-state index is 12.5. The molecule has 1 unspecified atom stereocenters. The fourth-order valence-corrected chi connectivity index (χ4v) is 2.14. The SMILES string of the molecule is CCCn1nncc1C(=O)C1COc2ccccc2O1. The Labute approximate surface area is 116 Å². The molecule has 1 aliphatic rings. The first kappa shape index (κ1) is 12.7. The lowest BCUT2D eigenvalue weighted by molar-refractivity contribution is 0.0575. The van der Waals surface area contributed by atoms with Crippen LogP contribution in [0.15, 0.2) is 30.5 Å². The van der Waals surface area contributed by atoms with E-state index in [2.05, 4.69) is 10.3 Å². The molecule has 0 amide bonds. The highest BCUT2D eigenvalue weighted by Crippen LogP contribution is 2.31. The molecule has 0 aliphatic carbocycles. The Morgan fingerprint density at radius 2 is 2.20 bits per heavy atom. The molecule has 104 valence electrons. The van der Waals surface area contributed by atoms with Crippen LogP contribution >= 0.6 is 0 Å². The van der Waals surface area contributed by atoms with Gasteiger partial charge in [0, 0.05) is 6.54 Å². The monoisotopic (exact) mass is 273 g/mol. The minimum Gasteiger partial charge on any atom is -0.485 e. The molecule has 0 bridgehead atoms. The number of ketones is 1. The molecule has 1 aromatic carbocycles. The Morgan fingerprint density at radius 1 is 1.40 bits per heavy atom. The van der Waals surface area contributed by atoms with E-state index < -0.39 is 6.10 Å². The van der Waals surface area contributed by atoms with Gasteiger partial charge in [0.05, 0.1) is 6.20 Å². The number of hydrogen-bond donors (Lipinski definition) is 0. The molecule has 2 heterocycles. The summed E-state index contributed by atoms with van der Waals surface area (Å²) < 4.78 is 12.9. The molecule has 2 aromatic rings. The molecule has 20 heavy (non-hydrogen) atoms. The Hall–Kier alpha value is -2.37. The normalized spacial score (nSPS) is 16.9. The third kappa shape index (κ3) is 2.24. The number of aromatic nitrogens is 3. The molecule has 0 radical (unpaired) electrons. The van der Waals surface area contributed by atoms with Crippen LogP contribution in [-0.2, 0) is 6.54 Å². The summed E-state index contributed by atoms with van der Waals surface area (Å²) >= 11 is 0. The van der Waals surface area contributed by atoms with Crippen molar-refractivity contribution in [3.8, 4) is 11.5 Å². The van der Waals surface area contributed by atoms with Crippen LogP contribution in [-0.4, -0.2) is 33.5 Å². The summed E-state index contributed by atoms with van der Waals surface area (Å²) in [5, 5.41) is 7.71. The van der Waals surface area contributed by atoms with Crippen LogP contribution in [0.3, 0.4) is 0 Å². The number of para-hydroxylation sites is 2. The van der Waals surface area contributed by atoms with Gasteiger partial charge in [-0.1, -0.05) is 24.3 Å². The lowest BCUT2D eigenvalue weighted by Gasteiger charge is -2.25. The standard InChI is InChI=1S/C14H15N3O3/c1-2-7-17-10(8-15-16-17)14(18)13-9-19-11-5-3-4-6-12(11)20-13/h3-6,8,13H,2,7,9H2,1H3. The average molecular weight is 273 g/mol. The molecule has 0 N–H and O–H groups in total. The van der Waals surface area contributed by atoms with Crippen LogP contribution in [0.25, 0.3) is 0 Å². The summed E-state index contributed by atoms with van der Waals surface area (Å²) in [4.78, 5) is 12.5. The smallest absolute Gasteiger partial charge is 0.226 e. The van der Waals surface area contributed by atoms with Crippen LogP contribution in [0.2, 0.25) is 0 Å². The van der Waals surface area contributed by atoms with Crippen molar-refractivity contribution in [2.75, 3.05) is 6.61 Å². The molecule has 3 rings (SSSR count). The van der Waals surface area contributed by atoms with Gasteiger partial charge >= 0.3 is 0 Å². The summed E-state index contributed by atoms with van der Waals surface area (Å²) in [7, 11) is 0. The van der Waals surface area contributed by atoms with Crippen molar-refractivity contribution in [2.45, 2.75) is 26.0 Å². The van der Waals surface area contributed by atoms with E-state index in [1.807, 2.05) is 25.1 Å². The fourth-order valence-electron chi connectivity index (χ4n) is 2.14. The van der Waals surface area contributed by atoms with Crippen LogP contribution in [0.5, 0.6) is 11.5 Å². The maximum Gasteiger partial charge on any atom is 0.226 e. The van der Waals surface area contributed by atoms with Gasteiger partial charge in [-0.2, -0.15) is 0 Å². The molecule has 1 aromatic heterocycles. The van der Waals surface area contributed by atoms with Crippen LogP contribution in [0.1, 0.15) is 23.8 Å². The van der Waals surface area contributed by atoms with E-state index in [1.165, 1.54) is 6.20 Å². The second-order valence-corrected chi connectivity index (χ2v) is 4.57. The Bertz CT molecular complexity index is 624. The lowest BCUT2D eigenvalue weighted by Crippen LogP contribution is -2.37. The van der Waals surface area contributed by atoms with Gasteiger partial charge in [-0.15, -0.1) is 5.10 Å². The summed E-state index contributed by atoms with van der Waals surface area (Å²) in [5.41, 5.74) is 0.458. The van der Waals surface area contributed by atoms with Crippen molar-refractivity contribution in [2.24, 2.45) is 0 Å². The van der Waals surface area contributed by atoms with E-state index in [4.69, 9.17) is 9.47 Å². The van der Waals surface area contributed by atoms with Crippen molar-refractivity contribution < 1.29 is 14.3 Å². The van der Waals surface area contributed by atoms with E-state index in [1.54, 1.807) is 10.7 Å². The number of rotatable bonds is 4. The zero-order valence-corrected chi connectivity index (χ0v) is 11.2. The minimum absolute atomic E-state index is 0.155. The highest BCUT2D eigenvalue weighted by molar-refractivity contribution is 5.98. The third-order valence-corrected chi connectivity index (χ3v) is 3.11. The van der Waals surface area contributed by atoms with Gasteiger partial charge in [0.25, 0.3) is 0 Å². The van der Waals surface area contributed by atoms with E-state index in [0.717, 1.165) is 6.42 Å². The van der Waals surface area contributed by atoms with Crippen LogP contribution < -0.4 is 9.47 Å². The quantitative estimate of drug-likeness (QED) is 0.793. The van der Waals surface area contributed by atoms with E-state index >= 15 is 0 Å². The Kier molecular flexibility index (Phi) is 3.37. The number of ether oxygens (including phenoxy) is 2. The molecule has 0 saturated heterocycles. The van der Waals surface area contributed by atoms with Crippen molar-refractivity contribution >= 4 is 5.78 Å². The highest BCUT2D eigenvalue weighted by atomic mass is 16.6. The zero-order valence-electron chi connectivity index (χ0n) is 11.2. The van der Waals surface area contributed by atoms with E-state index in [0.29, 0.717) is 23.7 Å². The second-order valence-electron chi connectivity index (χ2n) is 4.57. The second kappa shape index (κ2) is 5.32. The highest BCUT2D eigenvalue weighted by Gasteiger charge is 2.30. The summed E-state index contributed by atoms with van der Waals surface area (Å²) in [6.45, 7) is 2.88. The van der Waals surface area contributed by atoms with Gasteiger partial charge in [0.15, 0.2) is 17.6 Å². The minimum atomic E-state index is -0.654. The predicted molar refractivity (Wildman–Crippen MR) is 71.0 cm³/mol. The number of hydrogen-bond acceptors (Lipinski definition) is 5. The number of Topliss-reactive ketones (excluding diaryl/α,β-unsaturated/α-hetero) is 1. The largest absolute Gasteiger partial charge is 0.485 e. The third-order valence-electron chi connectivity index (χ3n) is 3.11. The molecule has 0 saturated carbocycles. The maximum atomic E-state index is 12.5. The number of fused-ring (bicyclic) bond motifs is 1.